The fraction of sp³-hybridized carbons (Fsp3) is 0.692. The molecule has 0 aliphatic rings. The topological polar surface area (TPSA) is 134 Å². The molecule has 1 atom stereocenters. The second kappa shape index (κ2) is 5.71. The SMILES string of the molecule is CC(C)(C)CC(C)(C)[C@H](OC(N)=O)c1nnc(C(N)=O)o1. The van der Waals surface area contributed by atoms with Crippen LogP contribution < -0.4 is 11.5 Å². The lowest BCUT2D eigenvalue weighted by atomic mass is 9.73. The predicted molar refractivity (Wildman–Crippen MR) is 74.1 cm³/mol. The summed E-state index contributed by atoms with van der Waals surface area (Å²) >= 11 is 0. The Balaban J connectivity index is 3.14. The van der Waals surface area contributed by atoms with Gasteiger partial charge in [0, 0.05) is 5.41 Å². The highest BCUT2D eigenvalue weighted by Crippen LogP contribution is 2.44. The van der Waals surface area contributed by atoms with E-state index < -0.39 is 23.5 Å². The summed E-state index contributed by atoms with van der Waals surface area (Å²) in [7, 11) is 0. The molecule has 1 aromatic heterocycles. The minimum absolute atomic E-state index is 0.00292. The minimum Gasteiger partial charge on any atom is -0.436 e. The van der Waals surface area contributed by atoms with Crippen molar-refractivity contribution in [2.75, 3.05) is 0 Å². The Hall–Kier alpha value is -2.12. The summed E-state index contributed by atoms with van der Waals surface area (Å²) in [5, 5.41) is 7.27. The molecule has 2 amide bonds. The summed E-state index contributed by atoms with van der Waals surface area (Å²) < 4.78 is 10.3. The van der Waals surface area contributed by atoms with E-state index in [1.54, 1.807) is 0 Å². The summed E-state index contributed by atoms with van der Waals surface area (Å²) in [5.41, 5.74) is 9.62. The van der Waals surface area contributed by atoms with Gasteiger partial charge in [0.2, 0.25) is 0 Å². The zero-order chi connectivity index (χ0) is 16.4. The highest BCUT2D eigenvalue weighted by Gasteiger charge is 2.40. The first-order chi connectivity index (χ1) is 9.42. The lowest BCUT2D eigenvalue weighted by Crippen LogP contribution is -2.32. The first-order valence-corrected chi connectivity index (χ1v) is 6.52. The highest BCUT2D eigenvalue weighted by molar-refractivity contribution is 5.87. The molecule has 0 bridgehead atoms. The Kier molecular flexibility index (Phi) is 4.60. The van der Waals surface area contributed by atoms with E-state index in [1.165, 1.54) is 0 Å². The maximum Gasteiger partial charge on any atom is 0.405 e. The fourth-order valence-corrected chi connectivity index (χ4v) is 2.56. The van der Waals surface area contributed by atoms with Gasteiger partial charge in [0.1, 0.15) is 0 Å². The van der Waals surface area contributed by atoms with Crippen LogP contribution in [-0.4, -0.2) is 22.2 Å². The Bertz CT molecular complexity index is 531. The number of aromatic nitrogens is 2. The van der Waals surface area contributed by atoms with E-state index in [0.29, 0.717) is 6.42 Å². The van der Waals surface area contributed by atoms with Gasteiger partial charge in [-0.25, -0.2) is 4.79 Å². The minimum atomic E-state index is -0.958. The largest absolute Gasteiger partial charge is 0.436 e. The van der Waals surface area contributed by atoms with Crippen molar-refractivity contribution in [1.29, 1.82) is 0 Å². The van der Waals surface area contributed by atoms with Gasteiger partial charge in [-0.05, 0) is 11.8 Å². The number of primary amides is 2. The monoisotopic (exact) mass is 298 g/mol. The van der Waals surface area contributed by atoms with Crippen LogP contribution in [0.3, 0.4) is 0 Å². The van der Waals surface area contributed by atoms with Crippen LogP contribution >= 0.6 is 0 Å². The summed E-state index contributed by atoms with van der Waals surface area (Å²) in [6.45, 7) is 9.94. The molecule has 0 saturated carbocycles. The molecule has 1 aromatic rings. The van der Waals surface area contributed by atoms with Crippen LogP contribution in [0.1, 0.15) is 63.7 Å². The fourth-order valence-electron chi connectivity index (χ4n) is 2.56. The van der Waals surface area contributed by atoms with E-state index in [-0.39, 0.29) is 17.2 Å². The maximum atomic E-state index is 11.2. The quantitative estimate of drug-likeness (QED) is 0.850. The van der Waals surface area contributed by atoms with Gasteiger partial charge in [-0.3, -0.25) is 4.79 Å². The highest BCUT2D eigenvalue weighted by atomic mass is 16.6. The number of carbonyl (C=O) groups is 2. The smallest absolute Gasteiger partial charge is 0.405 e. The van der Waals surface area contributed by atoms with E-state index in [9.17, 15) is 9.59 Å². The van der Waals surface area contributed by atoms with Gasteiger partial charge in [-0.1, -0.05) is 34.6 Å². The van der Waals surface area contributed by atoms with Crippen LogP contribution in [0.4, 0.5) is 4.79 Å². The number of ether oxygens (including phenoxy) is 1. The molecular formula is C13H22N4O4. The third-order valence-electron chi connectivity index (χ3n) is 2.81. The van der Waals surface area contributed by atoms with Crippen molar-refractivity contribution < 1.29 is 18.7 Å². The molecule has 4 N–H and O–H groups in total. The van der Waals surface area contributed by atoms with Crippen LogP contribution in [0.5, 0.6) is 0 Å². The molecule has 21 heavy (non-hydrogen) atoms. The van der Waals surface area contributed by atoms with Crippen LogP contribution in [0.15, 0.2) is 4.42 Å². The van der Waals surface area contributed by atoms with E-state index in [4.69, 9.17) is 20.6 Å². The van der Waals surface area contributed by atoms with Crippen molar-refractivity contribution in [2.45, 2.75) is 47.1 Å². The first kappa shape index (κ1) is 16.9. The standard InChI is InChI=1S/C13H22N4O4/c1-12(2,3)6-13(4,5)7(20-11(15)19)9-16-17-10(21-9)8(14)18/h7H,6H2,1-5H3,(H2,14,18)(H2,15,19)/t7-/m1/s1. The van der Waals surface area contributed by atoms with E-state index >= 15 is 0 Å². The molecule has 0 aromatic carbocycles. The normalized spacial score (nSPS) is 13.8. The Morgan fingerprint density at radius 3 is 2.14 bits per heavy atom. The van der Waals surface area contributed by atoms with Crippen molar-refractivity contribution in [3.63, 3.8) is 0 Å². The molecule has 8 nitrogen and oxygen atoms in total. The lowest BCUT2D eigenvalue weighted by molar-refractivity contribution is -0.0120. The zero-order valence-corrected chi connectivity index (χ0v) is 13.0. The van der Waals surface area contributed by atoms with E-state index in [2.05, 4.69) is 31.0 Å². The molecule has 1 heterocycles. The molecule has 0 saturated heterocycles. The summed E-state index contributed by atoms with van der Waals surface area (Å²) in [6, 6.07) is 0. The zero-order valence-electron chi connectivity index (χ0n) is 13.0. The molecule has 0 fully saturated rings. The van der Waals surface area contributed by atoms with Gasteiger partial charge in [-0.2, -0.15) is 0 Å². The van der Waals surface area contributed by atoms with Gasteiger partial charge in [0.15, 0.2) is 6.10 Å². The molecule has 8 heteroatoms. The van der Waals surface area contributed by atoms with Crippen LogP contribution in [0.2, 0.25) is 0 Å². The van der Waals surface area contributed by atoms with Crippen molar-refractivity contribution in [1.82, 2.24) is 10.2 Å². The molecular weight excluding hydrogens is 276 g/mol. The molecule has 0 aliphatic heterocycles. The van der Waals surface area contributed by atoms with Crippen molar-refractivity contribution in [3.05, 3.63) is 11.8 Å². The van der Waals surface area contributed by atoms with Crippen molar-refractivity contribution >= 4 is 12.0 Å². The number of carbonyl (C=O) groups excluding carboxylic acids is 2. The van der Waals surface area contributed by atoms with E-state index in [1.807, 2.05) is 13.8 Å². The summed E-state index contributed by atoms with van der Waals surface area (Å²) in [6.07, 6.45) is -1.14. The second-order valence-corrected chi connectivity index (χ2v) is 6.85. The number of hydrogen-bond donors (Lipinski definition) is 2. The third kappa shape index (κ3) is 4.73. The molecule has 0 radical (unpaired) electrons. The average Bonchev–Trinajstić information content (AvgIpc) is 2.70. The molecule has 0 spiro atoms. The van der Waals surface area contributed by atoms with Crippen LogP contribution in [0.25, 0.3) is 0 Å². The maximum absolute atomic E-state index is 11.2. The van der Waals surface area contributed by atoms with E-state index in [0.717, 1.165) is 0 Å². The number of nitrogens with two attached hydrogens (primary N) is 2. The lowest BCUT2D eigenvalue weighted by Gasteiger charge is -2.36. The van der Waals surface area contributed by atoms with Gasteiger partial charge in [0.25, 0.3) is 5.89 Å². The molecule has 0 aliphatic carbocycles. The molecule has 118 valence electrons. The Morgan fingerprint density at radius 2 is 1.76 bits per heavy atom. The molecule has 0 unspecified atom stereocenters. The third-order valence-corrected chi connectivity index (χ3v) is 2.81. The number of amides is 2. The summed E-state index contributed by atoms with van der Waals surface area (Å²) in [4.78, 5) is 22.2. The first-order valence-electron chi connectivity index (χ1n) is 6.52. The number of rotatable bonds is 5. The van der Waals surface area contributed by atoms with Crippen LogP contribution in [-0.2, 0) is 4.74 Å². The Labute approximate surface area is 123 Å². The van der Waals surface area contributed by atoms with Gasteiger partial charge in [0.05, 0.1) is 0 Å². The summed E-state index contributed by atoms with van der Waals surface area (Å²) in [5.74, 6) is -1.19. The number of hydrogen-bond acceptors (Lipinski definition) is 6. The number of nitrogens with zero attached hydrogens (tertiary/aromatic N) is 2. The van der Waals surface area contributed by atoms with Gasteiger partial charge < -0.3 is 20.6 Å². The predicted octanol–water partition coefficient (Wildman–Crippen LogP) is 1.77. The van der Waals surface area contributed by atoms with Gasteiger partial charge >= 0.3 is 17.9 Å². The molecule has 1 rings (SSSR count). The van der Waals surface area contributed by atoms with Crippen LogP contribution in [0, 0.1) is 10.8 Å². The van der Waals surface area contributed by atoms with Crippen molar-refractivity contribution in [3.8, 4) is 0 Å². The second-order valence-electron chi connectivity index (χ2n) is 6.85. The van der Waals surface area contributed by atoms with Crippen molar-refractivity contribution in [2.24, 2.45) is 22.3 Å². The average molecular weight is 298 g/mol. The van der Waals surface area contributed by atoms with Gasteiger partial charge in [-0.15, -0.1) is 10.2 Å². The Morgan fingerprint density at radius 1 is 1.19 bits per heavy atom.